The van der Waals surface area contributed by atoms with Gasteiger partial charge < -0.3 is 0 Å². The average Bonchev–Trinajstić information content (AvgIpc) is 2.89. The summed E-state index contributed by atoms with van der Waals surface area (Å²) in [6.45, 7) is 0.826. The summed E-state index contributed by atoms with van der Waals surface area (Å²) in [5, 5.41) is 0.248. The van der Waals surface area contributed by atoms with Gasteiger partial charge in [-0.05, 0) is 29.7 Å². The molecule has 0 spiro atoms. The van der Waals surface area contributed by atoms with Crippen molar-refractivity contribution in [1.29, 1.82) is 0 Å². The highest BCUT2D eigenvalue weighted by Crippen LogP contribution is 2.35. The zero-order chi connectivity index (χ0) is 19.5. The monoisotopic (exact) mass is 415 g/mol. The van der Waals surface area contributed by atoms with Gasteiger partial charge in [-0.15, -0.1) is 0 Å². The molecule has 0 amide bonds. The Kier molecular flexibility index (Phi) is 6.18. The van der Waals surface area contributed by atoms with Crippen molar-refractivity contribution in [3.05, 3.63) is 71.3 Å². The molecular formula is C19H20F3NO2S2. The van der Waals surface area contributed by atoms with E-state index in [1.807, 2.05) is 30.3 Å². The molecule has 146 valence electrons. The summed E-state index contributed by atoms with van der Waals surface area (Å²) < 4.78 is 64.8. The number of hydrogen-bond donors (Lipinski definition) is 0. The standard InChI is InChI=1S/C19H20F3NO2S2/c20-19(21,22)17-8-6-15(7-9-17)14-27(24,25)23-11-10-18(26-13-12-23)16-4-2-1-3-5-16/h1-9,18H,10-14H2. The smallest absolute Gasteiger partial charge is 0.212 e. The van der Waals surface area contributed by atoms with Gasteiger partial charge in [0.15, 0.2) is 0 Å². The Labute approximate surface area is 161 Å². The van der Waals surface area contributed by atoms with E-state index in [0.717, 1.165) is 12.1 Å². The van der Waals surface area contributed by atoms with E-state index in [4.69, 9.17) is 0 Å². The van der Waals surface area contributed by atoms with Crippen LogP contribution in [0.4, 0.5) is 13.2 Å². The lowest BCUT2D eigenvalue weighted by molar-refractivity contribution is -0.137. The number of hydrogen-bond acceptors (Lipinski definition) is 3. The molecule has 0 bridgehead atoms. The molecule has 1 aliphatic rings. The van der Waals surface area contributed by atoms with Gasteiger partial charge in [-0.3, -0.25) is 0 Å². The summed E-state index contributed by atoms with van der Waals surface area (Å²) in [6.07, 6.45) is -3.72. The van der Waals surface area contributed by atoms with Crippen LogP contribution in [0.25, 0.3) is 0 Å². The molecule has 1 fully saturated rings. The summed E-state index contributed by atoms with van der Waals surface area (Å²) in [6, 6.07) is 14.3. The van der Waals surface area contributed by atoms with Crippen LogP contribution in [0.2, 0.25) is 0 Å². The van der Waals surface area contributed by atoms with E-state index < -0.39 is 21.8 Å². The van der Waals surface area contributed by atoms with E-state index in [-0.39, 0.29) is 11.0 Å². The Morgan fingerprint density at radius 1 is 1.00 bits per heavy atom. The maximum Gasteiger partial charge on any atom is 0.416 e. The number of rotatable bonds is 4. The second kappa shape index (κ2) is 8.24. The Morgan fingerprint density at radius 3 is 2.30 bits per heavy atom. The van der Waals surface area contributed by atoms with Crippen LogP contribution in [0.15, 0.2) is 54.6 Å². The first-order chi connectivity index (χ1) is 12.8. The van der Waals surface area contributed by atoms with Gasteiger partial charge in [0.2, 0.25) is 10.0 Å². The highest BCUT2D eigenvalue weighted by atomic mass is 32.2. The average molecular weight is 416 g/mol. The molecule has 3 nitrogen and oxygen atoms in total. The number of thioether (sulfide) groups is 1. The molecular weight excluding hydrogens is 395 g/mol. The van der Waals surface area contributed by atoms with Crippen molar-refractivity contribution < 1.29 is 21.6 Å². The first-order valence-corrected chi connectivity index (χ1v) is 11.2. The van der Waals surface area contributed by atoms with Gasteiger partial charge in [0.1, 0.15) is 0 Å². The molecule has 8 heteroatoms. The van der Waals surface area contributed by atoms with Crippen molar-refractivity contribution in [3.63, 3.8) is 0 Å². The molecule has 0 N–H and O–H groups in total. The van der Waals surface area contributed by atoms with E-state index >= 15 is 0 Å². The van der Waals surface area contributed by atoms with Gasteiger partial charge in [-0.1, -0.05) is 42.5 Å². The minimum Gasteiger partial charge on any atom is -0.212 e. The molecule has 1 unspecified atom stereocenters. The summed E-state index contributed by atoms with van der Waals surface area (Å²) in [5.41, 5.74) is 0.768. The number of benzene rings is 2. The second-order valence-corrected chi connectivity index (χ2v) is 9.69. The Bertz CT molecular complexity index is 853. The van der Waals surface area contributed by atoms with E-state index in [0.29, 0.717) is 30.8 Å². The largest absolute Gasteiger partial charge is 0.416 e. The molecule has 3 rings (SSSR count). The molecule has 2 aromatic rings. The lowest BCUT2D eigenvalue weighted by Gasteiger charge is -2.20. The molecule has 1 heterocycles. The Morgan fingerprint density at radius 2 is 1.67 bits per heavy atom. The van der Waals surface area contributed by atoms with Crippen molar-refractivity contribution in [2.24, 2.45) is 0 Å². The Balaban J connectivity index is 1.66. The molecule has 0 aliphatic carbocycles. The third-order valence-corrected chi connectivity index (χ3v) is 7.67. The summed E-state index contributed by atoms with van der Waals surface area (Å²) in [4.78, 5) is 0. The van der Waals surface area contributed by atoms with Crippen molar-refractivity contribution in [1.82, 2.24) is 4.31 Å². The van der Waals surface area contributed by atoms with Gasteiger partial charge in [0.25, 0.3) is 0 Å². The van der Waals surface area contributed by atoms with E-state index in [1.165, 1.54) is 22.0 Å². The maximum atomic E-state index is 12.7. The highest BCUT2D eigenvalue weighted by molar-refractivity contribution is 7.99. The SMILES string of the molecule is O=S(=O)(Cc1ccc(C(F)(F)F)cc1)N1CCSC(c2ccccc2)CC1. The van der Waals surface area contributed by atoms with Crippen LogP contribution >= 0.6 is 11.8 Å². The molecule has 0 aromatic heterocycles. The van der Waals surface area contributed by atoms with Crippen molar-refractivity contribution in [2.75, 3.05) is 18.8 Å². The van der Waals surface area contributed by atoms with Crippen molar-refractivity contribution in [3.8, 4) is 0 Å². The number of halogens is 3. The summed E-state index contributed by atoms with van der Waals surface area (Å²) in [7, 11) is -3.57. The number of sulfonamides is 1. The maximum absolute atomic E-state index is 12.7. The predicted octanol–water partition coefficient (Wildman–Crippen LogP) is 4.72. The number of alkyl halides is 3. The third kappa shape index (κ3) is 5.27. The lowest BCUT2D eigenvalue weighted by Crippen LogP contribution is -2.34. The normalized spacial score (nSPS) is 19.6. The summed E-state index contributed by atoms with van der Waals surface area (Å²) in [5.74, 6) is 0.400. The van der Waals surface area contributed by atoms with Crippen LogP contribution in [-0.4, -0.2) is 31.6 Å². The van der Waals surface area contributed by atoms with Gasteiger partial charge in [-0.2, -0.15) is 24.9 Å². The molecule has 1 saturated heterocycles. The van der Waals surface area contributed by atoms with Crippen LogP contribution in [0.5, 0.6) is 0 Å². The fourth-order valence-corrected chi connectivity index (χ4v) is 5.95. The fourth-order valence-electron chi connectivity index (χ4n) is 3.05. The minimum atomic E-state index is -4.42. The first kappa shape index (κ1) is 20.2. The van der Waals surface area contributed by atoms with Crippen LogP contribution in [0.1, 0.15) is 28.4 Å². The fraction of sp³-hybridized carbons (Fsp3) is 0.368. The van der Waals surface area contributed by atoms with E-state index in [1.54, 1.807) is 11.8 Å². The van der Waals surface area contributed by atoms with E-state index in [9.17, 15) is 21.6 Å². The van der Waals surface area contributed by atoms with Gasteiger partial charge in [0.05, 0.1) is 11.3 Å². The minimum absolute atomic E-state index is 0.248. The second-order valence-electron chi connectivity index (χ2n) is 6.41. The van der Waals surface area contributed by atoms with E-state index in [2.05, 4.69) is 0 Å². The molecule has 2 aromatic carbocycles. The topological polar surface area (TPSA) is 37.4 Å². The predicted molar refractivity (Wildman–Crippen MR) is 102 cm³/mol. The van der Waals surface area contributed by atoms with Gasteiger partial charge in [0, 0.05) is 24.1 Å². The zero-order valence-corrected chi connectivity index (χ0v) is 16.2. The molecule has 0 saturated carbocycles. The third-order valence-electron chi connectivity index (χ3n) is 4.50. The zero-order valence-electron chi connectivity index (χ0n) is 14.5. The van der Waals surface area contributed by atoms with Crippen molar-refractivity contribution in [2.45, 2.75) is 23.6 Å². The summed E-state index contributed by atoms with van der Waals surface area (Å²) >= 11 is 1.74. The molecule has 27 heavy (non-hydrogen) atoms. The number of nitrogens with zero attached hydrogens (tertiary/aromatic N) is 1. The quantitative estimate of drug-likeness (QED) is 0.725. The van der Waals surface area contributed by atoms with Crippen LogP contribution in [0.3, 0.4) is 0 Å². The van der Waals surface area contributed by atoms with Crippen molar-refractivity contribution >= 4 is 21.8 Å². The molecule has 1 atom stereocenters. The van der Waals surface area contributed by atoms with Gasteiger partial charge >= 0.3 is 6.18 Å². The van der Waals surface area contributed by atoms with Crippen LogP contribution in [-0.2, 0) is 22.0 Å². The first-order valence-electron chi connectivity index (χ1n) is 8.56. The highest BCUT2D eigenvalue weighted by Gasteiger charge is 2.31. The Hall–Kier alpha value is -1.51. The van der Waals surface area contributed by atoms with Gasteiger partial charge in [-0.25, -0.2) is 12.7 Å². The van der Waals surface area contributed by atoms with Crippen LogP contribution < -0.4 is 0 Å². The molecule has 0 radical (unpaired) electrons. The van der Waals surface area contributed by atoms with Crippen LogP contribution in [0, 0.1) is 0 Å². The molecule has 1 aliphatic heterocycles. The lowest BCUT2D eigenvalue weighted by atomic mass is 10.1.